The van der Waals surface area contributed by atoms with Crippen molar-refractivity contribution in [3.8, 4) is 0 Å². The Balaban J connectivity index is 1.66. The molecule has 1 N–H and O–H groups in total. The maximum Gasteiger partial charge on any atom is 0.279 e. The fourth-order valence-electron chi connectivity index (χ4n) is 4.32. The summed E-state index contributed by atoms with van der Waals surface area (Å²) in [5.74, 6) is 0.312. The maximum absolute atomic E-state index is 13.3. The molecular formula is C24H30N4O2S. The molecular weight excluding hydrogens is 408 g/mol. The molecule has 0 saturated heterocycles. The topological polar surface area (TPSA) is 76.9 Å². The number of aryl methyl sites for hydroxylation is 3. The number of hydrogen-bond acceptors (Lipinski definition) is 5. The second-order valence-corrected chi connectivity index (χ2v) is 10.9. The van der Waals surface area contributed by atoms with Crippen LogP contribution in [0.5, 0.6) is 0 Å². The van der Waals surface area contributed by atoms with E-state index < -0.39 is 6.04 Å². The SMILES string of the molecule is Cc1ccc(C)c(NC(=O)C(C)n2nnc3sc4c(c3c2=O)CCC(C(C)(C)C)C4)c1. The number of nitrogens with one attached hydrogen (secondary N) is 1. The van der Waals surface area contributed by atoms with Crippen LogP contribution in [0, 0.1) is 25.2 Å². The van der Waals surface area contributed by atoms with Crippen molar-refractivity contribution in [2.45, 2.75) is 66.8 Å². The summed E-state index contributed by atoms with van der Waals surface area (Å²) in [6, 6.07) is 5.14. The van der Waals surface area contributed by atoms with Crippen LogP contribution in [-0.4, -0.2) is 20.9 Å². The molecule has 2 aromatic heterocycles. The number of fused-ring (bicyclic) bond motifs is 3. The van der Waals surface area contributed by atoms with Crippen LogP contribution in [0.4, 0.5) is 5.69 Å². The molecule has 1 aliphatic rings. The van der Waals surface area contributed by atoms with Gasteiger partial charge in [0, 0.05) is 10.6 Å². The molecule has 0 fully saturated rings. The molecule has 0 radical (unpaired) electrons. The van der Waals surface area contributed by atoms with Gasteiger partial charge in [-0.2, -0.15) is 4.68 Å². The molecule has 0 aliphatic heterocycles. The number of nitrogens with zero attached hydrogens (tertiary/aromatic N) is 3. The lowest BCUT2D eigenvalue weighted by Gasteiger charge is -2.33. The number of thiophene rings is 1. The van der Waals surface area contributed by atoms with Crippen molar-refractivity contribution in [3.05, 3.63) is 50.1 Å². The highest BCUT2D eigenvalue weighted by Crippen LogP contribution is 2.41. The van der Waals surface area contributed by atoms with E-state index >= 15 is 0 Å². The number of carbonyl (C=O) groups excluding carboxylic acids is 1. The van der Waals surface area contributed by atoms with Gasteiger partial charge in [0.15, 0.2) is 4.83 Å². The number of hydrogen-bond donors (Lipinski definition) is 1. The van der Waals surface area contributed by atoms with Crippen LogP contribution >= 0.6 is 11.3 Å². The van der Waals surface area contributed by atoms with Gasteiger partial charge in [-0.15, -0.1) is 16.4 Å². The van der Waals surface area contributed by atoms with Gasteiger partial charge >= 0.3 is 0 Å². The number of anilines is 1. The minimum Gasteiger partial charge on any atom is -0.324 e. The monoisotopic (exact) mass is 438 g/mol. The Morgan fingerprint density at radius 1 is 1.29 bits per heavy atom. The molecule has 164 valence electrons. The molecule has 0 spiro atoms. The highest BCUT2D eigenvalue weighted by atomic mass is 32.1. The molecule has 31 heavy (non-hydrogen) atoms. The van der Waals surface area contributed by atoms with Crippen molar-refractivity contribution in [2.75, 3.05) is 5.32 Å². The summed E-state index contributed by atoms with van der Waals surface area (Å²) in [6.45, 7) is 12.4. The van der Waals surface area contributed by atoms with E-state index in [0.29, 0.717) is 16.1 Å². The average Bonchev–Trinajstić information content (AvgIpc) is 3.08. The van der Waals surface area contributed by atoms with Crippen LogP contribution in [0.25, 0.3) is 10.2 Å². The number of aromatic nitrogens is 3. The third kappa shape index (κ3) is 4.03. The zero-order valence-electron chi connectivity index (χ0n) is 19.1. The van der Waals surface area contributed by atoms with E-state index in [-0.39, 0.29) is 16.9 Å². The van der Waals surface area contributed by atoms with Crippen molar-refractivity contribution in [1.29, 1.82) is 0 Å². The first kappa shape index (κ1) is 21.7. The maximum atomic E-state index is 13.3. The second kappa shape index (κ2) is 7.86. The zero-order valence-corrected chi connectivity index (χ0v) is 19.9. The van der Waals surface area contributed by atoms with E-state index in [2.05, 4.69) is 36.4 Å². The normalized spacial score (nSPS) is 17.4. The number of carbonyl (C=O) groups is 1. The Hall–Kier alpha value is -2.54. The number of rotatable bonds is 3. The van der Waals surface area contributed by atoms with Crippen LogP contribution in [0.15, 0.2) is 23.0 Å². The minimum atomic E-state index is -0.759. The smallest absolute Gasteiger partial charge is 0.279 e. The summed E-state index contributed by atoms with van der Waals surface area (Å²) in [5, 5.41) is 12.0. The van der Waals surface area contributed by atoms with E-state index in [1.165, 1.54) is 9.56 Å². The highest BCUT2D eigenvalue weighted by Gasteiger charge is 2.32. The van der Waals surface area contributed by atoms with Gasteiger partial charge in [0.1, 0.15) is 6.04 Å². The highest BCUT2D eigenvalue weighted by molar-refractivity contribution is 7.18. The third-order valence-corrected chi connectivity index (χ3v) is 7.66. The van der Waals surface area contributed by atoms with Gasteiger partial charge in [0.25, 0.3) is 5.56 Å². The Morgan fingerprint density at radius 3 is 2.74 bits per heavy atom. The summed E-state index contributed by atoms with van der Waals surface area (Å²) in [4.78, 5) is 28.2. The molecule has 3 aromatic rings. The van der Waals surface area contributed by atoms with Crippen LogP contribution in [0.1, 0.15) is 61.7 Å². The molecule has 2 heterocycles. The van der Waals surface area contributed by atoms with Gasteiger partial charge in [-0.3, -0.25) is 9.59 Å². The summed E-state index contributed by atoms with van der Waals surface area (Å²) in [6.07, 6.45) is 2.91. The van der Waals surface area contributed by atoms with Gasteiger partial charge in [0.05, 0.1) is 5.39 Å². The van der Waals surface area contributed by atoms with Gasteiger partial charge in [0.2, 0.25) is 5.91 Å². The van der Waals surface area contributed by atoms with E-state index in [0.717, 1.165) is 41.6 Å². The van der Waals surface area contributed by atoms with E-state index in [9.17, 15) is 9.59 Å². The summed E-state index contributed by atoms with van der Waals surface area (Å²) < 4.78 is 1.23. The first-order valence-electron chi connectivity index (χ1n) is 10.8. The summed E-state index contributed by atoms with van der Waals surface area (Å²) in [7, 11) is 0. The van der Waals surface area contributed by atoms with E-state index in [4.69, 9.17) is 0 Å². The second-order valence-electron chi connectivity index (χ2n) is 9.81. The lowest BCUT2D eigenvalue weighted by atomic mass is 9.72. The first-order chi connectivity index (χ1) is 14.6. The van der Waals surface area contributed by atoms with Gasteiger partial charge in [-0.25, -0.2) is 0 Å². The van der Waals surface area contributed by atoms with Gasteiger partial charge in [-0.1, -0.05) is 38.1 Å². The zero-order chi connectivity index (χ0) is 22.5. The van der Waals surface area contributed by atoms with Crippen molar-refractivity contribution in [2.24, 2.45) is 11.3 Å². The molecule has 1 aromatic carbocycles. The Bertz CT molecular complexity index is 1220. The molecule has 1 aliphatic carbocycles. The Morgan fingerprint density at radius 2 is 2.03 bits per heavy atom. The van der Waals surface area contributed by atoms with Crippen molar-refractivity contribution in [1.82, 2.24) is 15.0 Å². The Labute approximate surface area is 186 Å². The molecule has 6 nitrogen and oxygen atoms in total. The van der Waals surface area contributed by atoms with Crippen LogP contribution in [-0.2, 0) is 17.6 Å². The number of benzene rings is 1. The predicted molar refractivity (Wildman–Crippen MR) is 126 cm³/mol. The fourth-order valence-corrected chi connectivity index (χ4v) is 5.55. The third-order valence-electron chi connectivity index (χ3n) is 6.52. The van der Waals surface area contributed by atoms with Crippen molar-refractivity contribution in [3.63, 3.8) is 0 Å². The first-order valence-corrected chi connectivity index (χ1v) is 11.7. The van der Waals surface area contributed by atoms with Gasteiger partial charge < -0.3 is 5.32 Å². The molecule has 1 amide bonds. The largest absolute Gasteiger partial charge is 0.324 e. The van der Waals surface area contributed by atoms with Crippen LogP contribution in [0.3, 0.4) is 0 Å². The van der Waals surface area contributed by atoms with Crippen molar-refractivity contribution >= 4 is 33.1 Å². The quantitative estimate of drug-likeness (QED) is 0.636. The molecule has 4 rings (SSSR count). The standard InChI is InChI=1S/C24H30N4O2S/c1-13-7-8-14(2)18(11-13)25-21(29)15(3)28-23(30)20-17-10-9-16(24(4,5)6)12-19(17)31-22(20)26-27-28/h7-8,11,15-16H,9-10,12H2,1-6H3,(H,25,29). The van der Waals surface area contributed by atoms with E-state index in [1.54, 1.807) is 18.3 Å². The lowest BCUT2D eigenvalue weighted by Crippen LogP contribution is -2.34. The van der Waals surface area contributed by atoms with Crippen LogP contribution in [0.2, 0.25) is 0 Å². The van der Waals surface area contributed by atoms with Crippen LogP contribution < -0.4 is 10.9 Å². The molecule has 0 bridgehead atoms. The lowest BCUT2D eigenvalue weighted by molar-refractivity contribution is -0.119. The average molecular weight is 439 g/mol. The summed E-state index contributed by atoms with van der Waals surface area (Å²) >= 11 is 1.58. The molecule has 2 unspecified atom stereocenters. The molecule has 0 saturated carbocycles. The van der Waals surface area contributed by atoms with Gasteiger partial charge in [-0.05, 0) is 74.1 Å². The Kier molecular flexibility index (Phi) is 5.50. The minimum absolute atomic E-state index is 0.222. The molecule has 7 heteroatoms. The van der Waals surface area contributed by atoms with E-state index in [1.807, 2.05) is 32.0 Å². The molecule has 2 atom stereocenters. The van der Waals surface area contributed by atoms with Crippen molar-refractivity contribution < 1.29 is 4.79 Å². The number of amides is 1. The fraction of sp³-hybridized carbons (Fsp3) is 0.500. The predicted octanol–water partition coefficient (Wildman–Crippen LogP) is 4.82. The summed E-state index contributed by atoms with van der Waals surface area (Å²) in [5.41, 5.74) is 3.91.